The van der Waals surface area contributed by atoms with E-state index in [0.29, 0.717) is 0 Å². The number of aliphatic carboxylic acids is 1. The summed E-state index contributed by atoms with van der Waals surface area (Å²) in [6.45, 7) is 1.60. The third-order valence-corrected chi connectivity index (χ3v) is 0.302. The van der Waals surface area contributed by atoms with E-state index in [-0.39, 0.29) is 12.6 Å². The van der Waals surface area contributed by atoms with E-state index in [0.717, 1.165) is 0 Å². The number of carbonyl (C=O) groups is 1. The van der Waals surface area contributed by atoms with Gasteiger partial charge in [0.05, 0.1) is 0 Å². The van der Waals surface area contributed by atoms with Crippen molar-refractivity contribution >= 4 is 5.97 Å². The zero-order chi connectivity index (χ0) is 4.28. The maximum atomic E-state index is 9.37. The summed E-state index contributed by atoms with van der Waals surface area (Å²) in [4.78, 5) is 9.37. The van der Waals surface area contributed by atoms with E-state index in [1.54, 1.807) is 6.92 Å². The van der Waals surface area contributed by atoms with Gasteiger partial charge in [-0.3, -0.25) is 4.79 Å². The summed E-state index contributed by atoms with van der Waals surface area (Å²) in [5, 5.41) is 7.72. The molecule has 35 valence electrons. The fraction of sp³-hybridized carbons (Fsp3) is 0.667. The van der Waals surface area contributed by atoms with E-state index in [9.17, 15) is 4.79 Å². The van der Waals surface area contributed by atoms with Gasteiger partial charge in [0, 0.05) is 12.6 Å². The Morgan fingerprint density at radius 2 is 2.00 bits per heavy atom. The number of hydrogen-bond acceptors (Lipinski definition) is 1. The van der Waals surface area contributed by atoms with Crippen LogP contribution in [0.15, 0.2) is 0 Å². The highest BCUT2D eigenvalue weighted by Crippen LogP contribution is 1.67. The molecule has 0 heterocycles. The average Bonchev–Trinajstić information content (AvgIpc) is 1.38. The maximum absolute atomic E-state index is 9.37. The average molecular weight is 88.1 g/mol. The molecule has 0 aromatic carbocycles. The number of nitrogens with zero attached hydrogens (tertiary/aromatic N) is 1. The molecule has 0 aliphatic rings. The minimum Gasteiger partial charge on any atom is -0.481 e. The smallest absolute Gasteiger partial charge is 0.303 e. The summed E-state index contributed by atoms with van der Waals surface area (Å²) >= 11 is 0. The predicted octanol–water partition coefficient (Wildman–Crippen LogP) is 0.000400. The van der Waals surface area contributed by atoms with Crippen molar-refractivity contribution < 1.29 is 9.90 Å². The minimum absolute atomic E-state index is 0. The van der Waals surface area contributed by atoms with Gasteiger partial charge in [-0.05, 0) is 0 Å². The van der Waals surface area contributed by atoms with Crippen LogP contribution in [0, 0.1) is 0 Å². The molecule has 0 aromatic heterocycles. The molecule has 0 saturated carbocycles. The molecule has 6 heavy (non-hydrogen) atoms. The van der Waals surface area contributed by atoms with Crippen molar-refractivity contribution in [1.82, 2.24) is 6.15 Å². The Balaban J connectivity index is 0. The van der Waals surface area contributed by atoms with E-state index < -0.39 is 5.97 Å². The van der Waals surface area contributed by atoms with Crippen molar-refractivity contribution in [3.05, 3.63) is 0 Å². The summed E-state index contributed by atoms with van der Waals surface area (Å²) < 4.78 is 0. The van der Waals surface area contributed by atoms with Crippen LogP contribution in [-0.2, 0) is 4.79 Å². The highest BCUT2D eigenvalue weighted by atomic mass is 16.4. The zero-order valence-corrected chi connectivity index (χ0v) is 3.51. The number of carboxylic acid groups (broad SMARTS) is 1. The Kier molecular flexibility index (Phi) is 6.69. The summed E-state index contributed by atoms with van der Waals surface area (Å²) in [5.41, 5.74) is 0. The minimum atomic E-state index is -0.745. The molecule has 0 amide bonds. The van der Waals surface area contributed by atoms with Crippen LogP contribution < -0.4 is 6.15 Å². The molecule has 0 saturated heterocycles. The molecule has 0 spiro atoms. The first-order valence-electron chi connectivity index (χ1n) is 1.49. The topological polar surface area (TPSA) is 67.8 Å². The lowest BCUT2D eigenvalue weighted by atomic mass is 10.5. The largest absolute Gasteiger partial charge is 0.481 e. The lowest BCUT2D eigenvalue weighted by molar-refractivity contribution is -0.136. The Morgan fingerprint density at radius 1 is 1.83 bits per heavy atom. The summed E-state index contributed by atoms with van der Waals surface area (Å²) in [7, 11) is 0. The van der Waals surface area contributed by atoms with Crippen molar-refractivity contribution in [2.45, 2.75) is 13.3 Å². The highest BCUT2D eigenvalue weighted by molar-refractivity contribution is 5.66. The van der Waals surface area contributed by atoms with Crippen molar-refractivity contribution in [3.8, 4) is 0 Å². The third-order valence-electron chi connectivity index (χ3n) is 0.302. The van der Waals surface area contributed by atoms with Crippen LogP contribution in [0.1, 0.15) is 13.3 Å². The Labute approximate surface area is 36.6 Å². The number of rotatable bonds is 1. The number of carboxylic acids is 1. The second-order valence-corrected chi connectivity index (χ2v) is 0.747. The van der Waals surface area contributed by atoms with E-state index in [1.807, 2.05) is 0 Å². The number of hydrogen-bond donors (Lipinski definition) is 1. The standard InChI is InChI=1S/C3H6O2.N/c1-2-3(4)5;/h2H2,1H3,(H,4,5);. The molecular formula is C3H6NO2. The molecule has 0 rings (SSSR count). The fourth-order valence-corrected chi connectivity index (χ4v) is 0. The van der Waals surface area contributed by atoms with Gasteiger partial charge < -0.3 is 5.11 Å². The van der Waals surface area contributed by atoms with Crippen molar-refractivity contribution in [1.29, 1.82) is 0 Å². The second kappa shape index (κ2) is 4.43. The molecular weight excluding hydrogens is 82.0 g/mol. The van der Waals surface area contributed by atoms with Gasteiger partial charge in [0.15, 0.2) is 0 Å². The molecule has 0 fully saturated rings. The molecule has 0 aliphatic heterocycles. The first-order valence-corrected chi connectivity index (χ1v) is 1.49. The van der Waals surface area contributed by atoms with Crippen LogP contribution in [0.5, 0.6) is 0 Å². The fourth-order valence-electron chi connectivity index (χ4n) is 0. The summed E-state index contributed by atoms with van der Waals surface area (Å²) in [5.74, 6) is -0.745. The summed E-state index contributed by atoms with van der Waals surface area (Å²) in [6.07, 6.45) is 0.222. The van der Waals surface area contributed by atoms with Crippen LogP contribution in [0.2, 0.25) is 0 Å². The van der Waals surface area contributed by atoms with E-state index in [2.05, 4.69) is 0 Å². The first-order chi connectivity index (χ1) is 2.27. The normalized spacial score (nSPS) is 6.17. The van der Waals surface area contributed by atoms with Crippen molar-refractivity contribution in [2.24, 2.45) is 0 Å². The quantitative estimate of drug-likeness (QED) is 0.490. The van der Waals surface area contributed by atoms with E-state index >= 15 is 0 Å². The van der Waals surface area contributed by atoms with Gasteiger partial charge in [-0.25, -0.2) is 0 Å². The lowest BCUT2D eigenvalue weighted by Crippen LogP contribution is -1.86. The van der Waals surface area contributed by atoms with Crippen molar-refractivity contribution in [3.63, 3.8) is 0 Å². The van der Waals surface area contributed by atoms with Gasteiger partial charge in [-0.1, -0.05) is 6.92 Å². The van der Waals surface area contributed by atoms with Gasteiger partial charge in [-0.15, -0.1) is 0 Å². The van der Waals surface area contributed by atoms with Gasteiger partial charge in [0.1, 0.15) is 0 Å². The molecule has 0 aliphatic carbocycles. The Bertz CT molecular complexity index is 44.1. The van der Waals surface area contributed by atoms with Crippen LogP contribution in [-0.4, -0.2) is 11.1 Å². The molecule has 1 N–H and O–H groups in total. The highest BCUT2D eigenvalue weighted by Gasteiger charge is 1.80. The van der Waals surface area contributed by atoms with Crippen molar-refractivity contribution in [2.75, 3.05) is 0 Å². The lowest BCUT2D eigenvalue weighted by Gasteiger charge is -1.71. The molecule has 0 unspecified atom stereocenters. The van der Waals surface area contributed by atoms with Crippen LogP contribution in [0.4, 0.5) is 0 Å². The summed E-state index contributed by atoms with van der Waals surface area (Å²) in [6, 6.07) is 0. The van der Waals surface area contributed by atoms with Gasteiger partial charge in [-0.2, -0.15) is 0 Å². The molecule has 3 radical (unpaired) electrons. The van der Waals surface area contributed by atoms with Gasteiger partial charge >= 0.3 is 5.97 Å². The van der Waals surface area contributed by atoms with E-state index in [4.69, 9.17) is 5.11 Å². The van der Waals surface area contributed by atoms with Gasteiger partial charge in [0.2, 0.25) is 0 Å². The monoisotopic (exact) mass is 88.0 g/mol. The predicted molar refractivity (Wildman–Crippen MR) is 20.1 cm³/mol. The maximum Gasteiger partial charge on any atom is 0.303 e. The van der Waals surface area contributed by atoms with Crippen LogP contribution in [0.3, 0.4) is 0 Å². The second-order valence-electron chi connectivity index (χ2n) is 0.747. The molecule has 0 atom stereocenters. The SMILES string of the molecule is CCC(=O)O.[N]. The molecule has 0 aromatic rings. The van der Waals surface area contributed by atoms with Crippen LogP contribution in [0.25, 0.3) is 0 Å². The Morgan fingerprint density at radius 3 is 2.00 bits per heavy atom. The molecule has 0 bridgehead atoms. The first kappa shape index (κ1) is 9.06. The molecule has 3 heteroatoms. The van der Waals surface area contributed by atoms with Gasteiger partial charge in [0.25, 0.3) is 0 Å². The van der Waals surface area contributed by atoms with Crippen LogP contribution >= 0.6 is 0 Å². The third kappa shape index (κ3) is 9.90. The zero-order valence-electron chi connectivity index (χ0n) is 3.51. The Hall–Kier alpha value is -0.570. The van der Waals surface area contributed by atoms with E-state index in [1.165, 1.54) is 0 Å². The molecule has 3 nitrogen and oxygen atoms in total.